The quantitative estimate of drug-likeness (QED) is 0.670. The second-order valence-electron chi connectivity index (χ2n) is 4.23. The van der Waals surface area contributed by atoms with Crippen molar-refractivity contribution in [3.8, 4) is 17.2 Å². The Hall–Kier alpha value is -1.85. The molecule has 0 aliphatic carbocycles. The van der Waals surface area contributed by atoms with Crippen molar-refractivity contribution < 1.29 is 9.15 Å². The largest absolute Gasteiger partial charge is 0.484 e. The van der Waals surface area contributed by atoms with E-state index in [9.17, 15) is 0 Å². The van der Waals surface area contributed by atoms with Crippen LogP contribution in [0.2, 0.25) is 5.02 Å². The van der Waals surface area contributed by atoms with Crippen molar-refractivity contribution >= 4 is 27.5 Å². The third-order valence-electron chi connectivity index (χ3n) is 2.73. The normalized spacial score (nSPS) is 10.6. The van der Waals surface area contributed by atoms with Gasteiger partial charge in [0.15, 0.2) is 6.61 Å². The number of hydrogen-bond donors (Lipinski definition) is 0. The van der Waals surface area contributed by atoms with E-state index in [2.05, 4.69) is 26.1 Å². The van der Waals surface area contributed by atoms with Gasteiger partial charge in [-0.1, -0.05) is 45.7 Å². The highest BCUT2D eigenvalue weighted by atomic mass is 79.9. The second-order valence-corrected chi connectivity index (χ2v) is 5.55. The number of nitrogens with zero attached hydrogens (tertiary/aromatic N) is 2. The topological polar surface area (TPSA) is 48.2 Å². The zero-order valence-corrected chi connectivity index (χ0v) is 13.1. The standard InChI is InChI=1S/C15H10BrClN2O2/c16-10-4-3-5-11(8-10)20-9-14-18-19-15(21-14)12-6-1-2-7-13(12)17/h1-8H,9H2. The molecule has 0 saturated carbocycles. The summed E-state index contributed by atoms with van der Waals surface area (Å²) in [6.45, 7) is 0.202. The van der Waals surface area contributed by atoms with Gasteiger partial charge in [0.1, 0.15) is 5.75 Å². The van der Waals surface area contributed by atoms with Crippen molar-refractivity contribution in [1.82, 2.24) is 10.2 Å². The summed E-state index contributed by atoms with van der Waals surface area (Å²) in [6, 6.07) is 14.9. The van der Waals surface area contributed by atoms with Crippen LogP contribution in [0.15, 0.2) is 57.4 Å². The Labute approximate surface area is 134 Å². The first kappa shape index (κ1) is 14.1. The van der Waals surface area contributed by atoms with Gasteiger partial charge in [0.05, 0.1) is 10.6 Å². The van der Waals surface area contributed by atoms with Crippen LogP contribution in [-0.4, -0.2) is 10.2 Å². The molecule has 21 heavy (non-hydrogen) atoms. The molecule has 0 aliphatic heterocycles. The first-order valence-corrected chi connectivity index (χ1v) is 7.35. The Kier molecular flexibility index (Phi) is 4.22. The van der Waals surface area contributed by atoms with Gasteiger partial charge >= 0.3 is 0 Å². The van der Waals surface area contributed by atoms with Crippen molar-refractivity contribution in [3.05, 3.63) is 63.9 Å². The van der Waals surface area contributed by atoms with Gasteiger partial charge in [-0.25, -0.2) is 0 Å². The molecular formula is C15H10BrClN2O2. The summed E-state index contributed by atoms with van der Waals surface area (Å²) >= 11 is 9.48. The monoisotopic (exact) mass is 364 g/mol. The van der Waals surface area contributed by atoms with Gasteiger partial charge in [0.25, 0.3) is 5.89 Å². The molecule has 106 valence electrons. The predicted molar refractivity (Wildman–Crippen MR) is 83.2 cm³/mol. The predicted octanol–water partition coefficient (Wildman–Crippen LogP) is 4.73. The van der Waals surface area contributed by atoms with Gasteiger partial charge in [-0.2, -0.15) is 0 Å². The maximum atomic E-state index is 6.09. The van der Waals surface area contributed by atoms with Crippen molar-refractivity contribution in [1.29, 1.82) is 0 Å². The van der Waals surface area contributed by atoms with Gasteiger partial charge in [-0.05, 0) is 30.3 Å². The van der Waals surface area contributed by atoms with E-state index in [4.69, 9.17) is 20.8 Å². The molecule has 0 bridgehead atoms. The van der Waals surface area contributed by atoms with E-state index in [1.54, 1.807) is 6.07 Å². The second kappa shape index (κ2) is 6.28. The zero-order chi connectivity index (χ0) is 14.7. The Morgan fingerprint density at radius 3 is 2.76 bits per heavy atom. The molecular weight excluding hydrogens is 356 g/mol. The molecule has 0 N–H and O–H groups in total. The van der Waals surface area contributed by atoms with E-state index in [0.717, 1.165) is 10.2 Å². The minimum absolute atomic E-state index is 0.202. The number of benzene rings is 2. The minimum Gasteiger partial charge on any atom is -0.484 e. The third-order valence-corrected chi connectivity index (χ3v) is 3.55. The average molecular weight is 366 g/mol. The van der Waals surface area contributed by atoms with Crippen LogP contribution < -0.4 is 4.74 Å². The van der Waals surface area contributed by atoms with Gasteiger partial charge in [-0.15, -0.1) is 10.2 Å². The summed E-state index contributed by atoms with van der Waals surface area (Å²) in [5, 5.41) is 8.52. The Balaban J connectivity index is 1.72. The van der Waals surface area contributed by atoms with Crippen molar-refractivity contribution in [2.45, 2.75) is 6.61 Å². The first-order chi connectivity index (χ1) is 10.2. The summed E-state index contributed by atoms with van der Waals surface area (Å²) in [4.78, 5) is 0. The molecule has 0 aliphatic rings. The SMILES string of the molecule is Clc1ccccc1-c1nnc(COc2cccc(Br)c2)o1. The molecule has 1 heterocycles. The van der Waals surface area contributed by atoms with Crippen LogP contribution in [0.5, 0.6) is 5.75 Å². The molecule has 0 spiro atoms. The molecule has 0 radical (unpaired) electrons. The lowest BCUT2D eigenvalue weighted by atomic mass is 10.2. The maximum Gasteiger partial charge on any atom is 0.254 e. The minimum atomic E-state index is 0.202. The number of aromatic nitrogens is 2. The number of halogens is 2. The van der Waals surface area contributed by atoms with E-state index < -0.39 is 0 Å². The highest BCUT2D eigenvalue weighted by Gasteiger charge is 2.11. The number of rotatable bonds is 4. The fourth-order valence-corrected chi connectivity index (χ4v) is 2.35. The fourth-order valence-electron chi connectivity index (χ4n) is 1.76. The van der Waals surface area contributed by atoms with Crippen LogP contribution in [0.3, 0.4) is 0 Å². The third kappa shape index (κ3) is 3.43. The Morgan fingerprint density at radius 2 is 1.95 bits per heavy atom. The number of ether oxygens (including phenoxy) is 1. The zero-order valence-electron chi connectivity index (χ0n) is 10.8. The Bertz CT molecular complexity index is 761. The molecule has 6 heteroatoms. The van der Waals surface area contributed by atoms with Crippen LogP contribution in [0.25, 0.3) is 11.5 Å². The molecule has 1 aromatic heterocycles. The lowest BCUT2D eigenvalue weighted by molar-refractivity contribution is 0.264. The van der Waals surface area contributed by atoms with Gasteiger partial charge in [0, 0.05) is 4.47 Å². The number of hydrogen-bond acceptors (Lipinski definition) is 4. The van der Waals surface area contributed by atoms with E-state index in [1.165, 1.54) is 0 Å². The molecule has 0 fully saturated rings. The fraction of sp³-hybridized carbons (Fsp3) is 0.0667. The summed E-state index contributed by atoms with van der Waals surface area (Å²) in [5.41, 5.74) is 0.709. The lowest BCUT2D eigenvalue weighted by Gasteiger charge is -2.03. The van der Waals surface area contributed by atoms with Crippen LogP contribution in [-0.2, 0) is 6.61 Å². The van der Waals surface area contributed by atoms with Crippen LogP contribution in [0.4, 0.5) is 0 Å². The molecule has 2 aromatic carbocycles. The smallest absolute Gasteiger partial charge is 0.254 e. The molecule has 4 nitrogen and oxygen atoms in total. The lowest BCUT2D eigenvalue weighted by Crippen LogP contribution is -1.95. The van der Waals surface area contributed by atoms with E-state index >= 15 is 0 Å². The summed E-state index contributed by atoms with van der Waals surface area (Å²) in [5.74, 6) is 1.50. The summed E-state index contributed by atoms with van der Waals surface area (Å²) in [6.07, 6.45) is 0. The molecule has 0 atom stereocenters. The summed E-state index contributed by atoms with van der Waals surface area (Å²) < 4.78 is 12.1. The highest BCUT2D eigenvalue weighted by Crippen LogP contribution is 2.26. The van der Waals surface area contributed by atoms with E-state index in [0.29, 0.717) is 22.4 Å². The van der Waals surface area contributed by atoms with Crippen molar-refractivity contribution in [2.75, 3.05) is 0 Å². The van der Waals surface area contributed by atoms with E-state index in [1.807, 2.05) is 42.5 Å². The average Bonchev–Trinajstić information content (AvgIpc) is 2.94. The van der Waals surface area contributed by atoms with Crippen LogP contribution >= 0.6 is 27.5 Å². The van der Waals surface area contributed by atoms with Crippen LogP contribution in [0.1, 0.15) is 5.89 Å². The highest BCUT2D eigenvalue weighted by molar-refractivity contribution is 9.10. The maximum absolute atomic E-state index is 6.09. The van der Waals surface area contributed by atoms with Crippen molar-refractivity contribution in [2.24, 2.45) is 0 Å². The summed E-state index contributed by atoms with van der Waals surface area (Å²) in [7, 11) is 0. The van der Waals surface area contributed by atoms with Crippen LogP contribution in [0, 0.1) is 0 Å². The van der Waals surface area contributed by atoms with Gasteiger partial charge in [0.2, 0.25) is 5.89 Å². The molecule has 3 rings (SSSR count). The molecule has 0 unspecified atom stereocenters. The molecule has 0 saturated heterocycles. The van der Waals surface area contributed by atoms with Gasteiger partial charge in [-0.3, -0.25) is 0 Å². The van der Waals surface area contributed by atoms with Gasteiger partial charge < -0.3 is 9.15 Å². The van der Waals surface area contributed by atoms with Crippen molar-refractivity contribution in [3.63, 3.8) is 0 Å². The Morgan fingerprint density at radius 1 is 1.10 bits per heavy atom. The molecule has 3 aromatic rings. The van der Waals surface area contributed by atoms with E-state index in [-0.39, 0.29) is 6.61 Å². The first-order valence-electron chi connectivity index (χ1n) is 6.18. The molecule has 0 amide bonds.